The van der Waals surface area contributed by atoms with Gasteiger partial charge < -0.3 is 10.4 Å². The van der Waals surface area contributed by atoms with Gasteiger partial charge in [-0.05, 0) is 25.8 Å². The molecule has 1 rings (SSSR count). The third kappa shape index (κ3) is 3.68. The second-order valence-corrected chi connectivity index (χ2v) is 3.84. The molecule has 0 aliphatic rings. The van der Waals surface area contributed by atoms with Crippen molar-refractivity contribution >= 4 is 11.5 Å². The highest BCUT2D eigenvalue weighted by Crippen LogP contribution is 2.18. The largest absolute Gasteiger partial charge is 0.396 e. The molecular formula is C11H14N4O3. The van der Waals surface area contributed by atoms with E-state index in [1.54, 1.807) is 6.07 Å². The van der Waals surface area contributed by atoms with Gasteiger partial charge in [0.1, 0.15) is 11.9 Å². The van der Waals surface area contributed by atoms with Gasteiger partial charge in [0.15, 0.2) is 0 Å². The lowest BCUT2D eigenvalue weighted by molar-refractivity contribution is -0.385. The monoisotopic (exact) mass is 250 g/mol. The van der Waals surface area contributed by atoms with Crippen molar-refractivity contribution in [1.29, 1.82) is 5.26 Å². The van der Waals surface area contributed by atoms with Crippen LogP contribution >= 0.6 is 0 Å². The van der Waals surface area contributed by atoms with E-state index < -0.39 is 4.92 Å². The summed E-state index contributed by atoms with van der Waals surface area (Å²) in [4.78, 5) is 13.9. The molecule has 7 nitrogen and oxygen atoms in total. The van der Waals surface area contributed by atoms with E-state index in [-0.39, 0.29) is 24.0 Å². The van der Waals surface area contributed by atoms with Crippen LogP contribution in [0.2, 0.25) is 0 Å². The van der Waals surface area contributed by atoms with E-state index in [9.17, 15) is 10.1 Å². The van der Waals surface area contributed by atoms with Crippen molar-refractivity contribution < 1.29 is 10.0 Å². The lowest BCUT2D eigenvalue weighted by atomic mass is 10.2. The lowest BCUT2D eigenvalue weighted by Gasteiger charge is -2.13. The van der Waals surface area contributed by atoms with E-state index in [1.165, 1.54) is 12.1 Å². The van der Waals surface area contributed by atoms with E-state index in [4.69, 9.17) is 10.4 Å². The molecule has 18 heavy (non-hydrogen) atoms. The molecule has 2 N–H and O–H groups in total. The van der Waals surface area contributed by atoms with Crippen molar-refractivity contribution in [3.05, 3.63) is 27.9 Å². The molecule has 0 saturated carbocycles. The average molecular weight is 250 g/mol. The summed E-state index contributed by atoms with van der Waals surface area (Å²) in [6, 6.07) is 4.49. The fourth-order valence-corrected chi connectivity index (χ4v) is 1.48. The first-order valence-corrected chi connectivity index (χ1v) is 5.51. The molecule has 1 aromatic rings. The number of pyridine rings is 1. The van der Waals surface area contributed by atoms with Crippen molar-refractivity contribution in [2.75, 3.05) is 11.9 Å². The van der Waals surface area contributed by atoms with Crippen LogP contribution in [0.5, 0.6) is 0 Å². The third-order valence-electron chi connectivity index (χ3n) is 2.37. The summed E-state index contributed by atoms with van der Waals surface area (Å²) in [6.07, 6.45) is 1.41. The van der Waals surface area contributed by atoms with E-state index in [1.807, 2.05) is 6.92 Å². The highest BCUT2D eigenvalue weighted by Gasteiger charge is 2.15. The summed E-state index contributed by atoms with van der Waals surface area (Å²) in [6.45, 7) is 2.02. The number of hydrogen-bond donors (Lipinski definition) is 2. The van der Waals surface area contributed by atoms with Crippen molar-refractivity contribution in [3.8, 4) is 6.07 Å². The van der Waals surface area contributed by atoms with Gasteiger partial charge in [-0.1, -0.05) is 0 Å². The molecule has 0 aromatic carbocycles. The molecule has 1 atom stereocenters. The molecule has 0 aliphatic heterocycles. The van der Waals surface area contributed by atoms with Crippen LogP contribution in [0.25, 0.3) is 0 Å². The molecule has 0 saturated heterocycles. The molecule has 0 spiro atoms. The van der Waals surface area contributed by atoms with Crippen LogP contribution in [0, 0.1) is 21.4 Å². The number of rotatable bonds is 6. The Morgan fingerprint density at radius 1 is 1.67 bits per heavy atom. The van der Waals surface area contributed by atoms with Gasteiger partial charge in [-0.2, -0.15) is 5.26 Å². The standard InChI is InChI=1S/C11H14N4O3/c1-8(3-2-6-16)13-11-5-4-10(15(17)18)9(7-12)14-11/h4-5,8,16H,2-3,6H2,1H3,(H,13,14). The minimum Gasteiger partial charge on any atom is -0.396 e. The number of nitrogens with zero attached hydrogens (tertiary/aromatic N) is 3. The summed E-state index contributed by atoms with van der Waals surface area (Å²) in [5.74, 6) is 0.419. The Bertz CT molecular complexity index is 470. The molecule has 0 aliphatic carbocycles. The Hall–Kier alpha value is -2.20. The van der Waals surface area contributed by atoms with Crippen molar-refractivity contribution in [2.45, 2.75) is 25.8 Å². The van der Waals surface area contributed by atoms with Crippen LogP contribution in [0.1, 0.15) is 25.5 Å². The molecule has 1 unspecified atom stereocenters. The predicted molar refractivity (Wildman–Crippen MR) is 65.0 cm³/mol. The summed E-state index contributed by atoms with van der Waals surface area (Å²) in [5, 5.41) is 31.1. The van der Waals surface area contributed by atoms with Crippen molar-refractivity contribution in [1.82, 2.24) is 4.98 Å². The molecule has 1 heterocycles. The molecule has 1 aromatic heterocycles. The van der Waals surface area contributed by atoms with Crippen LogP contribution in [0.4, 0.5) is 11.5 Å². The first kappa shape index (κ1) is 13.9. The quantitative estimate of drug-likeness (QED) is 0.583. The average Bonchev–Trinajstić information content (AvgIpc) is 2.35. The fourth-order valence-electron chi connectivity index (χ4n) is 1.48. The van der Waals surface area contributed by atoms with Crippen LogP contribution in [-0.2, 0) is 0 Å². The van der Waals surface area contributed by atoms with Gasteiger partial charge in [0.25, 0.3) is 0 Å². The minimum absolute atomic E-state index is 0.0673. The second-order valence-electron chi connectivity index (χ2n) is 3.84. The zero-order valence-electron chi connectivity index (χ0n) is 9.96. The van der Waals surface area contributed by atoms with E-state index in [2.05, 4.69) is 10.3 Å². The number of anilines is 1. The molecule has 0 bridgehead atoms. The molecule has 7 heteroatoms. The summed E-state index contributed by atoms with van der Waals surface area (Å²) in [5.41, 5.74) is -0.509. The first-order chi connectivity index (χ1) is 8.58. The number of aliphatic hydroxyl groups excluding tert-OH is 1. The Balaban J connectivity index is 2.80. The summed E-state index contributed by atoms with van der Waals surface area (Å²) < 4.78 is 0. The molecule has 96 valence electrons. The summed E-state index contributed by atoms with van der Waals surface area (Å²) in [7, 11) is 0. The smallest absolute Gasteiger partial charge is 0.305 e. The van der Waals surface area contributed by atoms with Crippen LogP contribution in [-0.4, -0.2) is 27.7 Å². The maximum Gasteiger partial charge on any atom is 0.305 e. The van der Waals surface area contributed by atoms with Crippen LogP contribution in [0.15, 0.2) is 12.1 Å². The van der Waals surface area contributed by atoms with E-state index in [0.717, 1.165) is 6.42 Å². The van der Waals surface area contributed by atoms with Crippen LogP contribution < -0.4 is 5.32 Å². The number of aromatic nitrogens is 1. The number of nitrogens with one attached hydrogen (secondary N) is 1. The Morgan fingerprint density at radius 2 is 2.39 bits per heavy atom. The lowest BCUT2D eigenvalue weighted by Crippen LogP contribution is -2.16. The SMILES string of the molecule is CC(CCCO)Nc1ccc([N+](=O)[O-])c(C#N)n1. The maximum atomic E-state index is 10.6. The van der Waals surface area contributed by atoms with Gasteiger partial charge in [-0.15, -0.1) is 0 Å². The number of nitro groups is 1. The third-order valence-corrected chi connectivity index (χ3v) is 2.37. The molecular weight excluding hydrogens is 236 g/mol. The molecule has 0 amide bonds. The minimum atomic E-state index is -0.634. The van der Waals surface area contributed by atoms with E-state index >= 15 is 0 Å². The number of hydrogen-bond acceptors (Lipinski definition) is 6. The Labute approximate surface area is 104 Å². The van der Waals surface area contributed by atoms with Gasteiger partial charge in [0, 0.05) is 18.7 Å². The first-order valence-electron chi connectivity index (χ1n) is 5.51. The van der Waals surface area contributed by atoms with Gasteiger partial charge in [-0.25, -0.2) is 4.98 Å². The fraction of sp³-hybridized carbons (Fsp3) is 0.455. The highest BCUT2D eigenvalue weighted by atomic mass is 16.6. The highest BCUT2D eigenvalue weighted by molar-refractivity contribution is 5.50. The molecule has 0 fully saturated rings. The molecule has 0 radical (unpaired) electrons. The van der Waals surface area contributed by atoms with Gasteiger partial charge in [-0.3, -0.25) is 10.1 Å². The topological polar surface area (TPSA) is 112 Å². The van der Waals surface area contributed by atoms with Crippen LogP contribution in [0.3, 0.4) is 0 Å². The van der Waals surface area contributed by atoms with Crippen molar-refractivity contribution in [2.24, 2.45) is 0 Å². The maximum absolute atomic E-state index is 10.6. The zero-order chi connectivity index (χ0) is 13.5. The van der Waals surface area contributed by atoms with E-state index in [0.29, 0.717) is 12.2 Å². The Kier molecular flexibility index (Phi) is 5.02. The number of nitriles is 1. The second kappa shape index (κ2) is 6.51. The zero-order valence-corrected chi connectivity index (χ0v) is 9.96. The number of aliphatic hydroxyl groups is 1. The predicted octanol–water partition coefficient (Wildman–Crippen LogP) is 1.43. The van der Waals surface area contributed by atoms with Gasteiger partial charge in [0.05, 0.1) is 4.92 Å². The van der Waals surface area contributed by atoms with Gasteiger partial charge >= 0.3 is 5.69 Å². The normalized spacial score (nSPS) is 11.6. The van der Waals surface area contributed by atoms with Crippen molar-refractivity contribution in [3.63, 3.8) is 0 Å². The Morgan fingerprint density at radius 3 is 2.94 bits per heavy atom. The van der Waals surface area contributed by atoms with Gasteiger partial charge in [0.2, 0.25) is 5.69 Å². The summed E-state index contributed by atoms with van der Waals surface area (Å²) >= 11 is 0.